The van der Waals surface area contributed by atoms with Gasteiger partial charge in [0.15, 0.2) is 17.5 Å². The van der Waals surface area contributed by atoms with Crippen molar-refractivity contribution in [2.75, 3.05) is 20.7 Å². The Kier molecular flexibility index (Phi) is 9.83. The minimum Gasteiger partial charge on any atom is -0.493 e. The number of aromatic nitrogens is 2. The lowest BCUT2D eigenvalue weighted by Crippen LogP contribution is -2.41. The van der Waals surface area contributed by atoms with Gasteiger partial charge < -0.3 is 20.1 Å². The fourth-order valence-corrected chi connectivity index (χ4v) is 2.26. The number of imidazole rings is 1. The smallest absolute Gasteiger partial charge is 0.319 e. The number of halogens is 3. The Morgan fingerprint density at radius 3 is 2.59 bits per heavy atom. The molecule has 0 saturated carbocycles. The summed E-state index contributed by atoms with van der Waals surface area (Å²) in [6.45, 7) is -0.144. The molecule has 1 unspecified atom stereocenters. The highest BCUT2D eigenvalue weighted by atomic mass is 127. The van der Waals surface area contributed by atoms with E-state index in [0.29, 0.717) is 24.0 Å². The lowest BCUT2D eigenvalue weighted by molar-refractivity contribution is 0.0668. The van der Waals surface area contributed by atoms with Crippen LogP contribution in [0.15, 0.2) is 41.7 Å². The van der Waals surface area contributed by atoms with Crippen molar-refractivity contribution in [1.82, 2.24) is 20.2 Å². The highest BCUT2D eigenvalue weighted by Crippen LogP contribution is 2.26. The summed E-state index contributed by atoms with van der Waals surface area (Å²) < 4.78 is 37.5. The van der Waals surface area contributed by atoms with Crippen LogP contribution in [0.1, 0.15) is 19.3 Å². The average Bonchev–Trinajstić information content (AvgIpc) is 3.11. The maximum atomic E-state index is 12.8. The summed E-state index contributed by atoms with van der Waals surface area (Å²) in [5, 5.41) is 6.04. The first-order valence-electron chi connectivity index (χ1n) is 8.09. The molecule has 7 nitrogen and oxygen atoms in total. The third kappa shape index (κ3) is 6.85. The van der Waals surface area contributed by atoms with Crippen molar-refractivity contribution in [3.8, 4) is 11.5 Å². The lowest BCUT2D eigenvalue weighted by atomic mass is 10.3. The van der Waals surface area contributed by atoms with Crippen LogP contribution in [0.4, 0.5) is 8.78 Å². The van der Waals surface area contributed by atoms with Gasteiger partial charge in [-0.3, -0.25) is 9.56 Å². The molecule has 1 atom stereocenters. The van der Waals surface area contributed by atoms with E-state index in [9.17, 15) is 8.78 Å². The van der Waals surface area contributed by atoms with Gasteiger partial charge in [0.25, 0.3) is 0 Å². The average molecular weight is 495 g/mol. The van der Waals surface area contributed by atoms with E-state index in [0.717, 1.165) is 4.57 Å². The molecule has 150 valence electrons. The van der Waals surface area contributed by atoms with Gasteiger partial charge in [-0.1, -0.05) is 12.1 Å². The highest BCUT2D eigenvalue weighted by Gasteiger charge is 2.12. The van der Waals surface area contributed by atoms with Gasteiger partial charge in [-0.05, 0) is 19.1 Å². The number of methoxy groups -OCH3 is 1. The van der Waals surface area contributed by atoms with Gasteiger partial charge in [0.2, 0.25) is 0 Å². The number of aliphatic imine (C=N–C) groups is 1. The number of ether oxygens (including phenoxy) is 2. The molecule has 0 amide bonds. The quantitative estimate of drug-likeness (QED) is 0.335. The van der Waals surface area contributed by atoms with E-state index >= 15 is 0 Å². The highest BCUT2D eigenvalue weighted by molar-refractivity contribution is 14.0. The molecule has 27 heavy (non-hydrogen) atoms. The van der Waals surface area contributed by atoms with Crippen LogP contribution in [-0.4, -0.2) is 42.3 Å². The Balaban J connectivity index is 0.00000364. The summed E-state index contributed by atoms with van der Waals surface area (Å²) in [6.07, 6.45) is 2.40. The van der Waals surface area contributed by atoms with E-state index in [1.54, 1.807) is 14.2 Å². The van der Waals surface area contributed by atoms with Crippen LogP contribution in [0.2, 0.25) is 0 Å². The van der Waals surface area contributed by atoms with Gasteiger partial charge in [-0.2, -0.15) is 8.78 Å². The molecule has 0 aliphatic carbocycles. The number of rotatable bonds is 8. The number of nitrogens with one attached hydrogen (secondary N) is 2. The third-order valence-electron chi connectivity index (χ3n) is 3.55. The van der Waals surface area contributed by atoms with Gasteiger partial charge in [0, 0.05) is 19.4 Å². The van der Waals surface area contributed by atoms with Gasteiger partial charge >= 0.3 is 6.55 Å². The first-order valence-corrected chi connectivity index (χ1v) is 8.09. The number of guanidine groups is 1. The second kappa shape index (κ2) is 11.6. The van der Waals surface area contributed by atoms with Gasteiger partial charge in [0.1, 0.15) is 11.9 Å². The van der Waals surface area contributed by atoms with Crippen molar-refractivity contribution in [3.63, 3.8) is 0 Å². The van der Waals surface area contributed by atoms with Crippen molar-refractivity contribution in [3.05, 3.63) is 42.5 Å². The monoisotopic (exact) mass is 495 g/mol. The number of nitrogens with zero attached hydrogens (tertiary/aromatic N) is 3. The summed E-state index contributed by atoms with van der Waals surface area (Å²) in [5.41, 5.74) is 0. The third-order valence-corrected chi connectivity index (χ3v) is 3.55. The van der Waals surface area contributed by atoms with Gasteiger partial charge in [0.05, 0.1) is 20.2 Å². The topological polar surface area (TPSA) is 72.7 Å². The van der Waals surface area contributed by atoms with Crippen LogP contribution < -0.4 is 20.1 Å². The Bertz CT molecular complexity index is 727. The molecule has 0 fully saturated rings. The zero-order chi connectivity index (χ0) is 18.9. The number of alkyl halides is 2. The van der Waals surface area contributed by atoms with Crippen molar-refractivity contribution in [1.29, 1.82) is 0 Å². The Hall–Kier alpha value is -2.11. The van der Waals surface area contributed by atoms with E-state index in [-0.39, 0.29) is 42.4 Å². The molecule has 0 bridgehead atoms. The maximum Gasteiger partial charge on any atom is 0.319 e. The fourth-order valence-electron chi connectivity index (χ4n) is 2.26. The summed E-state index contributed by atoms with van der Waals surface area (Å²) in [5.74, 6) is 1.98. The van der Waals surface area contributed by atoms with Crippen molar-refractivity contribution >= 4 is 29.9 Å². The fraction of sp³-hybridized carbons (Fsp3) is 0.412. The minimum absolute atomic E-state index is 0. The van der Waals surface area contributed by atoms with E-state index in [1.807, 2.05) is 31.2 Å². The van der Waals surface area contributed by atoms with Crippen LogP contribution in [0.5, 0.6) is 11.5 Å². The first-order chi connectivity index (χ1) is 12.5. The molecule has 2 rings (SSSR count). The molecule has 2 aromatic rings. The van der Waals surface area contributed by atoms with Crippen molar-refractivity contribution < 1.29 is 18.3 Å². The molecular weight excluding hydrogens is 471 g/mol. The Morgan fingerprint density at radius 2 is 1.96 bits per heavy atom. The predicted molar refractivity (Wildman–Crippen MR) is 110 cm³/mol. The van der Waals surface area contributed by atoms with E-state index in [1.165, 1.54) is 12.4 Å². The summed E-state index contributed by atoms with van der Waals surface area (Å²) in [6, 6.07) is 7.38. The number of benzene rings is 1. The number of para-hydroxylation sites is 2. The molecule has 10 heteroatoms. The van der Waals surface area contributed by atoms with E-state index in [2.05, 4.69) is 20.6 Å². The van der Waals surface area contributed by atoms with Crippen LogP contribution in [-0.2, 0) is 6.54 Å². The van der Waals surface area contributed by atoms with Crippen molar-refractivity contribution in [2.24, 2.45) is 4.99 Å². The largest absolute Gasteiger partial charge is 0.493 e. The van der Waals surface area contributed by atoms with Crippen LogP contribution >= 0.6 is 24.0 Å². The Morgan fingerprint density at radius 1 is 1.26 bits per heavy atom. The minimum atomic E-state index is -2.63. The van der Waals surface area contributed by atoms with Gasteiger partial charge in [-0.25, -0.2) is 4.98 Å². The standard InChI is InChI=1S/C17H23F2N5O2.HI/c1-12(26-14-7-5-4-6-13(14)25-3)10-22-17(20-2)23-11-15-21-8-9-24(15)16(18)19;/h4-9,12,16H,10-11H2,1-3H3,(H2,20,22,23);1H. The zero-order valence-corrected chi connectivity index (χ0v) is 17.7. The maximum absolute atomic E-state index is 12.8. The molecule has 1 aromatic carbocycles. The molecule has 0 spiro atoms. The second-order valence-corrected chi connectivity index (χ2v) is 5.41. The molecule has 0 radical (unpaired) electrons. The zero-order valence-electron chi connectivity index (χ0n) is 15.4. The van der Waals surface area contributed by atoms with Gasteiger partial charge in [-0.15, -0.1) is 24.0 Å². The predicted octanol–water partition coefficient (Wildman–Crippen LogP) is 3.04. The molecular formula is C17H24F2IN5O2. The molecule has 0 aliphatic rings. The van der Waals surface area contributed by atoms with E-state index in [4.69, 9.17) is 9.47 Å². The van der Waals surface area contributed by atoms with Crippen LogP contribution in [0.25, 0.3) is 0 Å². The van der Waals surface area contributed by atoms with Crippen LogP contribution in [0, 0.1) is 0 Å². The van der Waals surface area contributed by atoms with Crippen molar-refractivity contribution in [2.45, 2.75) is 26.1 Å². The molecule has 0 saturated heterocycles. The second-order valence-electron chi connectivity index (χ2n) is 5.41. The Labute approximate surface area is 174 Å². The van der Waals surface area contributed by atoms with E-state index < -0.39 is 6.55 Å². The summed E-state index contributed by atoms with van der Waals surface area (Å²) in [7, 11) is 3.18. The number of hydrogen-bond donors (Lipinski definition) is 2. The number of hydrogen-bond acceptors (Lipinski definition) is 4. The normalized spacial score (nSPS) is 12.3. The first kappa shape index (κ1) is 22.9. The molecule has 1 aromatic heterocycles. The molecule has 0 aliphatic heterocycles. The molecule has 2 N–H and O–H groups in total. The molecule has 1 heterocycles. The summed E-state index contributed by atoms with van der Waals surface area (Å²) >= 11 is 0. The summed E-state index contributed by atoms with van der Waals surface area (Å²) in [4.78, 5) is 7.98. The lowest BCUT2D eigenvalue weighted by Gasteiger charge is -2.19. The van der Waals surface area contributed by atoms with Crippen LogP contribution in [0.3, 0.4) is 0 Å². The SMILES string of the molecule is CN=C(NCc1nccn1C(F)F)NCC(C)Oc1ccccc1OC.I.